The Hall–Kier alpha value is -6.06. The SMILES string of the molecule is C1=Cc2cccnc2C2NC(c3cccc(-c4ccc5ccc6nc(-c7ccccc7)cc(-c7ccccc7)c6c5c4)c3)=CC=C12. The fourth-order valence-corrected chi connectivity index (χ4v) is 6.82. The van der Waals surface area contributed by atoms with Gasteiger partial charge in [0.2, 0.25) is 0 Å². The average Bonchev–Trinajstić information content (AvgIpc) is 3.14. The molecule has 0 fully saturated rings. The lowest BCUT2D eigenvalue weighted by Gasteiger charge is -2.29. The summed E-state index contributed by atoms with van der Waals surface area (Å²) in [6.45, 7) is 0. The Morgan fingerprint density at radius 3 is 2.20 bits per heavy atom. The molecule has 3 nitrogen and oxygen atoms in total. The second kappa shape index (κ2) is 10.8. The Bertz CT molecular complexity index is 2380. The number of hydrogen-bond donors (Lipinski definition) is 1. The van der Waals surface area contributed by atoms with Crippen LogP contribution in [0.1, 0.15) is 22.9 Å². The highest BCUT2D eigenvalue weighted by Gasteiger charge is 2.25. The zero-order valence-electron chi connectivity index (χ0n) is 25.1. The molecule has 3 heterocycles. The van der Waals surface area contributed by atoms with E-state index >= 15 is 0 Å². The zero-order valence-corrected chi connectivity index (χ0v) is 25.1. The van der Waals surface area contributed by atoms with E-state index in [2.05, 4.69) is 151 Å². The average molecular weight is 588 g/mol. The predicted octanol–water partition coefficient (Wildman–Crippen LogP) is 10.4. The summed E-state index contributed by atoms with van der Waals surface area (Å²) in [7, 11) is 0. The maximum absolute atomic E-state index is 5.18. The maximum atomic E-state index is 5.18. The van der Waals surface area contributed by atoms with Gasteiger partial charge in [-0.25, -0.2) is 4.98 Å². The lowest BCUT2D eigenvalue weighted by Crippen LogP contribution is -2.26. The molecular weight excluding hydrogens is 558 g/mol. The van der Waals surface area contributed by atoms with Gasteiger partial charge in [0.1, 0.15) is 0 Å². The lowest BCUT2D eigenvalue weighted by molar-refractivity contribution is 0.704. The molecule has 0 amide bonds. The van der Waals surface area contributed by atoms with Gasteiger partial charge in [0, 0.05) is 22.8 Å². The quantitative estimate of drug-likeness (QED) is 0.208. The van der Waals surface area contributed by atoms with Crippen LogP contribution >= 0.6 is 0 Å². The minimum absolute atomic E-state index is 0.0431. The monoisotopic (exact) mass is 587 g/mol. The first-order chi connectivity index (χ1) is 22.8. The first-order valence-electron chi connectivity index (χ1n) is 15.7. The van der Waals surface area contributed by atoms with E-state index in [9.17, 15) is 0 Å². The van der Waals surface area contributed by atoms with Gasteiger partial charge in [-0.2, -0.15) is 0 Å². The van der Waals surface area contributed by atoms with Gasteiger partial charge in [-0.05, 0) is 86.1 Å². The van der Waals surface area contributed by atoms with Crippen LogP contribution in [-0.2, 0) is 0 Å². The van der Waals surface area contributed by atoms with Crippen LogP contribution in [0.2, 0.25) is 0 Å². The maximum Gasteiger partial charge on any atom is 0.0946 e. The van der Waals surface area contributed by atoms with E-state index in [1.165, 1.54) is 44.0 Å². The van der Waals surface area contributed by atoms with E-state index in [0.717, 1.165) is 39.3 Å². The Morgan fingerprint density at radius 1 is 0.565 bits per heavy atom. The van der Waals surface area contributed by atoms with E-state index in [1.54, 1.807) is 0 Å². The van der Waals surface area contributed by atoms with Crippen molar-refractivity contribution in [1.82, 2.24) is 15.3 Å². The third kappa shape index (κ3) is 4.53. The van der Waals surface area contributed by atoms with E-state index < -0.39 is 0 Å². The van der Waals surface area contributed by atoms with Crippen molar-refractivity contribution in [3.8, 4) is 33.5 Å². The molecule has 9 rings (SSSR count). The number of fused-ring (bicyclic) bond motifs is 6. The van der Waals surface area contributed by atoms with Crippen LogP contribution in [0.4, 0.5) is 0 Å². The van der Waals surface area contributed by atoms with E-state index in [-0.39, 0.29) is 6.04 Å². The second-order valence-electron chi connectivity index (χ2n) is 11.9. The van der Waals surface area contributed by atoms with Crippen molar-refractivity contribution in [3.63, 3.8) is 0 Å². The summed E-state index contributed by atoms with van der Waals surface area (Å²) < 4.78 is 0. The topological polar surface area (TPSA) is 37.8 Å². The van der Waals surface area contributed by atoms with Crippen molar-refractivity contribution in [2.45, 2.75) is 6.04 Å². The number of nitrogens with zero attached hydrogens (tertiary/aromatic N) is 2. The van der Waals surface area contributed by atoms with Gasteiger partial charge in [0.05, 0.1) is 22.9 Å². The number of rotatable bonds is 4. The molecule has 1 aliphatic carbocycles. The number of pyridine rings is 2. The molecule has 0 spiro atoms. The second-order valence-corrected chi connectivity index (χ2v) is 11.9. The molecule has 46 heavy (non-hydrogen) atoms. The number of benzene rings is 5. The Morgan fingerprint density at radius 2 is 1.33 bits per heavy atom. The molecule has 2 aliphatic rings. The van der Waals surface area contributed by atoms with Gasteiger partial charge in [-0.3, -0.25) is 4.98 Å². The molecule has 0 saturated heterocycles. The summed E-state index contributed by atoms with van der Waals surface area (Å²) in [5.41, 5.74) is 13.5. The number of dihydropyridines is 1. The third-order valence-electron chi connectivity index (χ3n) is 9.13. The first kappa shape index (κ1) is 26.4. The molecule has 1 atom stereocenters. The minimum atomic E-state index is 0.0431. The highest BCUT2D eigenvalue weighted by molar-refractivity contribution is 6.14. The summed E-state index contributed by atoms with van der Waals surface area (Å²) in [5, 5.41) is 7.35. The van der Waals surface area contributed by atoms with Crippen molar-refractivity contribution in [1.29, 1.82) is 0 Å². The van der Waals surface area contributed by atoms with E-state index in [1.807, 2.05) is 18.3 Å². The fourth-order valence-electron chi connectivity index (χ4n) is 6.82. The molecule has 1 N–H and O–H groups in total. The van der Waals surface area contributed by atoms with E-state index in [0.29, 0.717) is 0 Å². The van der Waals surface area contributed by atoms with Gasteiger partial charge in [0.25, 0.3) is 0 Å². The molecule has 216 valence electrons. The van der Waals surface area contributed by atoms with Gasteiger partial charge in [0.15, 0.2) is 0 Å². The number of aromatic nitrogens is 2. The number of nitrogens with one attached hydrogen (secondary N) is 1. The normalized spacial score (nSPS) is 15.1. The Kier molecular flexibility index (Phi) is 6.20. The first-order valence-corrected chi connectivity index (χ1v) is 15.7. The molecule has 7 aromatic rings. The van der Waals surface area contributed by atoms with Crippen LogP contribution in [0.15, 0.2) is 163 Å². The molecule has 0 radical (unpaired) electrons. The van der Waals surface area contributed by atoms with Crippen molar-refractivity contribution in [2.75, 3.05) is 0 Å². The standard InChI is InChI=1S/C43H29N3/c1-3-9-28(10-4-1)37-27-40(30-11-5-2-6-12-30)45-39-23-20-29-16-19-34(26-36(29)41(37)39)33-13-7-14-35(25-33)38-22-21-32-18-17-31-15-8-24-44-42(31)43(32)46-38/h1-27,43,46H. The molecule has 0 bridgehead atoms. The molecule has 2 aromatic heterocycles. The minimum Gasteiger partial charge on any atom is -0.372 e. The predicted molar refractivity (Wildman–Crippen MR) is 191 cm³/mol. The number of hydrogen-bond acceptors (Lipinski definition) is 3. The molecular formula is C43H29N3. The summed E-state index contributed by atoms with van der Waals surface area (Å²) >= 11 is 0. The van der Waals surface area contributed by atoms with Crippen LogP contribution in [-0.4, -0.2) is 9.97 Å². The van der Waals surface area contributed by atoms with Crippen LogP contribution in [0.5, 0.6) is 0 Å². The van der Waals surface area contributed by atoms with Crippen LogP contribution in [0.3, 0.4) is 0 Å². The summed E-state index contributed by atoms with van der Waals surface area (Å²) in [6, 6.07) is 47.5. The van der Waals surface area contributed by atoms with Crippen LogP contribution in [0.25, 0.3) is 67.0 Å². The highest BCUT2D eigenvalue weighted by Crippen LogP contribution is 2.39. The van der Waals surface area contributed by atoms with E-state index in [4.69, 9.17) is 9.97 Å². The molecule has 1 unspecified atom stereocenters. The highest BCUT2D eigenvalue weighted by atomic mass is 15.0. The molecule has 1 aliphatic heterocycles. The van der Waals surface area contributed by atoms with Gasteiger partial charge >= 0.3 is 0 Å². The Labute approximate surface area is 267 Å². The van der Waals surface area contributed by atoms with Gasteiger partial charge in [-0.1, -0.05) is 121 Å². The smallest absolute Gasteiger partial charge is 0.0946 e. The number of allylic oxidation sites excluding steroid dienone is 2. The lowest BCUT2D eigenvalue weighted by atomic mass is 9.89. The third-order valence-corrected chi connectivity index (χ3v) is 9.13. The van der Waals surface area contributed by atoms with Gasteiger partial charge < -0.3 is 5.32 Å². The molecule has 3 heteroatoms. The largest absolute Gasteiger partial charge is 0.372 e. The summed E-state index contributed by atoms with van der Waals surface area (Å²) in [4.78, 5) is 9.89. The zero-order chi connectivity index (χ0) is 30.5. The fraction of sp³-hybridized carbons (Fsp3) is 0.0233. The van der Waals surface area contributed by atoms with Gasteiger partial charge in [-0.15, -0.1) is 0 Å². The molecule has 0 saturated carbocycles. The van der Waals surface area contributed by atoms with Crippen molar-refractivity contribution in [3.05, 3.63) is 180 Å². The van der Waals surface area contributed by atoms with Crippen molar-refractivity contribution in [2.24, 2.45) is 0 Å². The van der Waals surface area contributed by atoms with Crippen molar-refractivity contribution < 1.29 is 0 Å². The van der Waals surface area contributed by atoms with Crippen LogP contribution < -0.4 is 5.32 Å². The van der Waals surface area contributed by atoms with Crippen LogP contribution in [0, 0.1) is 0 Å². The summed E-state index contributed by atoms with van der Waals surface area (Å²) in [5.74, 6) is 0. The Balaban J connectivity index is 1.16. The van der Waals surface area contributed by atoms with Crippen molar-refractivity contribution >= 4 is 33.4 Å². The molecule has 5 aromatic carbocycles. The summed E-state index contributed by atoms with van der Waals surface area (Å²) in [6.07, 6.45) is 10.6.